The quantitative estimate of drug-likeness (QED) is 0.788. The van der Waals surface area contributed by atoms with E-state index in [1.165, 1.54) is 30.6 Å². The molecule has 0 atom stereocenters. The Kier molecular flexibility index (Phi) is 3.73. The zero-order chi connectivity index (χ0) is 15.0. The number of hydrogen-bond acceptors (Lipinski definition) is 4. The molecule has 4 amide bonds. The Bertz CT molecular complexity index is 467. The van der Waals surface area contributed by atoms with E-state index in [1.807, 2.05) is 7.05 Å². The van der Waals surface area contributed by atoms with E-state index in [0.717, 1.165) is 6.42 Å². The predicted octanol–water partition coefficient (Wildman–Crippen LogP) is 1.11. The molecule has 0 unspecified atom stereocenters. The second kappa shape index (κ2) is 5.40. The Hall–Kier alpha value is -1.43. The van der Waals surface area contributed by atoms with Gasteiger partial charge in [-0.3, -0.25) is 19.8 Å². The third kappa shape index (κ3) is 2.35. The lowest BCUT2D eigenvalue weighted by Crippen LogP contribution is -2.66. The van der Waals surface area contributed by atoms with E-state index >= 15 is 0 Å². The van der Waals surface area contributed by atoms with Gasteiger partial charge >= 0.3 is 6.03 Å². The van der Waals surface area contributed by atoms with Crippen LogP contribution in [-0.4, -0.2) is 53.8 Å². The highest BCUT2D eigenvalue weighted by Crippen LogP contribution is 2.44. The van der Waals surface area contributed by atoms with E-state index in [0.29, 0.717) is 32.0 Å². The molecule has 0 aromatic rings. The molecule has 0 aromatic carbocycles. The first-order chi connectivity index (χ1) is 10.0. The van der Waals surface area contributed by atoms with Crippen LogP contribution in [-0.2, 0) is 9.59 Å². The third-order valence-corrected chi connectivity index (χ3v) is 5.39. The molecule has 1 heterocycles. The zero-order valence-corrected chi connectivity index (χ0v) is 12.6. The smallest absolute Gasteiger partial charge is 0.302 e. The number of carbonyl (C=O) groups is 3. The average Bonchev–Trinajstić information content (AvgIpc) is 2.90. The maximum absolute atomic E-state index is 12.5. The van der Waals surface area contributed by atoms with Gasteiger partial charge in [0.05, 0.1) is 0 Å². The Balaban J connectivity index is 1.62. The van der Waals surface area contributed by atoms with Crippen LogP contribution in [0.25, 0.3) is 0 Å². The number of amides is 4. The number of nitrogens with one attached hydrogen (secondary N) is 1. The number of rotatable bonds is 4. The van der Waals surface area contributed by atoms with E-state index < -0.39 is 17.4 Å². The lowest BCUT2D eigenvalue weighted by molar-refractivity contribution is -0.157. The van der Waals surface area contributed by atoms with Crippen LogP contribution in [0.2, 0.25) is 0 Å². The molecule has 1 N–H and O–H groups in total. The number of barbiturate groups is 1. The monoisotopic (exact) mass is 293 g/mol. The number of urea groups is 1. The summed E-state index contributed by atoms with van der Waals surface area (Å²) >= 11 is 0. The summed E-state index contributed by atoms with van der Waals surface area (Å²) in [4.78, 5) is 39.8. The number of nitrogens with zero attached hydrogens (tertiary/aromatic N) is 2. The molecule has 2 aliphatic carbocycles. The van der Waals surface area contributed by atoms with E-state index in [-0.39, 0.29) is 5.91 Å². The van der Waals surface area contributed by atoms with Gasteiger partial charge in [0.15, 0.2) is 0 Å². The summed E-state index contributed by atoms with van der Waals surface area (Å²) in [5.74, 6) is -0.688. The van der Waals surface area contributed by atoms with Crippen molar-refractivity contribution >= 4 is 17.8 Å². The van der Waals surface area contributed by atoms with Gasteiger partial charge in [0.2, 0.25) is 11.8 Å². The number of hydrogen-bond donors (Lipinski definition) is 1. The van der Waals surface area contributed by atoms with Gasteiger partial charge in [-0.1, -0.05) is 19.3 Å². The van der Waals surface area contributed by atoms with Gasteiger partial charge in [-0.25, -0.2) is 4.79 Å². The van der Waals surface area contributed by atoms with Gasteiger partial charge in [-0.2, -0.15) is 0 Å². The summed E-state index contributed by atoms with van der Waals surface area (Å²) in [5.41, 5.74) is -0.945. The van der Waals surface area contributed by atoms with E-state index in [9.17, 15) is 14.4 Å². The van der Waals surface area contributed by atoms with Crippen molar-refractivity contribution < 1.29 is 14.4 Å². The summed E-state index contributed by atoms with van der Waals surface area (Å²) in [7, 11) is 2.05. The van der Waals surface area contributed by atoms with Crippen LogP contribution in [0.1, 0.15) is 44.9 Å². The van der Waals surface area contributed by atoms with E-state index in [1.54, 1.807) is 0 Å². The third-order valence-electron chi connectivity index (χ3n) is 5.39. The van der Waals surface area contributed by atoms with Gasteiger partial charge in [0.25, 0.3) is 0 Å². The summed E-state index contributed by atoms with van der Waals surface area (Å²) < 4.78 is 0. The van der Waals surface area contributed by atoms with Crippen LogP contribution in [0.5, 0.6) is 0 Å². The summed E-state index contributed by atoms with van der Waals surface area (Å²) in [6.07, 6.45) is 6.92. The van der Waals surface area contributed by atoms with Crippen LogP contribution < -0.4 is 5.32 Å². The fraction of sp³-hybridized carbons (Fsp3) is 0.800. The predicted molar refractivity (Wildman–Crippen MR) is 76.4 cm³/mol. The van der Waals surface area contributed by atoms with Crippen molar-refractivity contribution in [2.75, 3.05) is 20.1 Å². The minimum atomic E-state index is -0.945. The molecule has 3 fully saturated rings. The molecule has 0 radical (unpaired) electrons. The minimum Gasteiger partial charge on any atom is -0.302 e. The van der Waals surface area contributed by atoms with Crippen LogP contribution >= 0.6 is 0 Å². The second-order valence-electron chi connectivity index (χ2n) is 6.57. The number of likely N-dealkylation sites (N-methyl/N-ethyl adjacent to an activating group) is 1. The molecule has 2 saturated carbocycles. The highest BCUT2D eigenvalue weighted by atomic mass is 16.2. The topological polar surface area (TPSA) is 69.7 Å². The fourth-order valence-electron chi connectivity index (χ4n) is 3.69. The molecule has 0 aromatic heterocycles. The summed E-state index contributed by atoms with van der Waals surface area (Å²) in [6, 6.07) is 0.00888. The molecule has 0 bridgehead atoms. The van der Waals surface area contributed by atoms with Gasteiger partial charge in [0, 0.05) is 19.1 Å². The van der Waals surface area contributed by atoms with Crippen LogP contribution in [0.3, 0.4) is 0 Å². The molecule has 1 aliphatic heterocycles. The van der Waals surface area contributed by atoms with Crippen LogP contribution in [0, 0.1) is 5.41 Å². The van der Waals surface area contributed by atoms with Gasteiger partial charge in [0.1, 0.15) is 5.41 Å². The van der Waals surface area contributed by atoms with Crippen LogP contribution in [0.15, 0.2) is 0 Å². The zero-order valence-electron chi connectivity index (χ0n) is 12.6. The maximum atomic E-state index is 12.5. The SMILES string of the molecule is CN(CCN1C(=O)NC(=O)C2(CCC2)C1=O)C1CCCC1. The molecule has 1 saturated heterocycles. The minimum absolute atomic E-state index is 0.290. The highest BCUT2D eigenvalue weighted by Gasteiger charge is 2.57. The van der Waals surface area contributed by atoms with Gasteiger partial charge in [-0.15, -0.1) is 0 Å². The van der Waals surface area contributed by atoms with Crippen molar-refractivity contribution in [2.45, 2.75) is 51.0 Å². The first-order valence-electron chi connectivity index (χ1n) is 7.92. The molecular weight excluding hydrogens is 270 g/mol. The molecule has 21 heavy (non-hydrogen) atoms. The van der Waals surface area contributed by atoms with Gasteiger partial charge in [-0.05, 0) is 32.7 Å². The normalized spacial score (nSPS) is 25.6. The molecule has 6 heteroatoms. The van der Waals surface area contributed by atoms with E-state index in [4.69, 9.17) is 0 Å². The lowest BCUT2D eigenvalue weighted by Gasteiger charge is -2.44. The Labute approximate surface area is 124 Å². The maximum Gasteiger partial charge on any atom is 0.330 e. The first kappa shape index (κ1) is 14.5. The highest BCUT2D eigenvalue weighted by molar-refractivity contribution is 6.19. The van der Waals surface area contributed by atoms with Gasteiger partial charge < -0.3 is 4.90 Å². The summed E-state index contributed by atoms with van der Waals surface area (Å²) in [5, 5.41) is 2.35. The first-order valence-corrected chi connectivity index (χ1v) is 7.92. The second-order valence-corrected chi connectivity index (χ2v) is 6.57. The molecule has 3 aliphatic rings. The van der Waals surface area contributed by atoms with Crippen molar-refractivity contribution in [1.29, 1.82) is 0 Å². The largest absolute Gasteiger partial charge is 0.330 e. The van der Waals surface area contributed by atoms with Crippen molar-refractivity contribution in [3.63, 3.8) is 0 Å². The number of imide groups is 2. The van der Waals surface area contributed by atoms with E-state index in [2.05, 4.69) is 10.2 Å². The molecule has 3 rings (SSSR count). The Morgan fingerprint density at radius 1 is 1.19 bits per heavy atom. The average molecular weight is 293 g/mol. The number of carbonyl (C=O) groups excluding carboxylic acids is 3. The lowest BCUT2D eigenvalue weighted by atomic mass is 9.66. The fourth-order valence-corrected chi connectivity index (χ4v) is 3.69. The Morgan fingerprint density at radius 3 is 2.43 bits per heavy atom. The molecule has 1 spiro atoms. The van der Waals surface area contributed by atoms with Crippen molar-refractivity contribution in [1.82, 2.24) is 15.1 Å². The standard InChI is InChI=1S/C15H23N3O3/c1-17(11-5-2-3-6-11)9-10-18-13(20)15(7-4-8-15)12(19)16-14(18)21/h11H,2-10H2,1H3,(H,16,19,21). The van der Waals surface area contributed by atoms with Crippen molar-refractivity contribution in [3.8, 4) is 0 Å². The molecule has 116 valence electrons. The van der Waals surface area contributed by atoms with Crippen molar-refractivity contribution in [2.24, 2.45) is 5.41 Å². The Morgan fingerprint density at radius 2 is 1.86 bits per heavy atom. The van der Waals surface area contributed by atoms with Crippen LogP contribution in [0.4, 0.5) is 4.79 Å². The molecule has 6 nitrogen and oxygen atoms in total. The molecular formula is C15H23N3O3. The van der Waals surface area contributed by atoms with Crippen molar-refractivity contribution in [3.05, 3.63) is 0 Å². The summed E-state index contributed by atoms with van der Waals surface area (Å²) in [6.45, 7) is 1.04.